The van der Waals surface area contributed by atoms with Gasteiger partial charge in [-0.05, 0) is 47.0 Å². The van der Waals surface area contributed by atoms with E-state index < -0.39 is 11.0 Å². The molecule has 2 amide bonds. The van der Waals surface area contributed by atoms with Gasteiger partial charge in [-0.3, -0.25) is 9.59 Å². The molecule has 0 aromatic heterocycles. The summed E-state index contributed by atoms with van der Waals surface area (Å²) >= 11 is 0. The molecule has 1 aliphatic rings. The number of hydrogen-bond acceptors (Lipinski definition) is 3. The molecule has 1 unspecified atom stereocenters. The van der Waals surface area contributed by atoms with Gasteiger partial charge in [-0.2, -0.15) is 0 Å². The predicted molar refractivity (Wildman–Crippen MR) is 75.5 cm³/mol. The van der Waals surface area contributed by atoms with Gasteiger partial charge in [0, 0.05) is 19.1 Å². The standard InChI is InChI=1S/C14H27N3O2/c1-13(2,14(3,4)15)12(19)17-9-7-6-8-10(17)11(18)16-5/h10H,6-9,15H2,1-5H3,(H,16,18). The Morgan fingerprint density at radius 3 is 2.26 bits per heavy atom. The summed E-state index contributed by atoms with van der Waals surface area (Å²) in [6.07, 6.45) is 2.65. The maximum absolute atomic E-state index is 12.8. The third kappa shape index (κ3) is 3.08. The van der Waals surface area contributed by atoms with E-state index in [4.69, 9.17) is 5.73 Å². The Balaban J connectivity index is 2.98. The van der Waals surface area contributed by atoms with Gasteiger partial charge in [0.15, 0.2) is 0 Å². The van der Waals surface area contributed by atoms with Gasteiger partial charge in [0.2, 0.25) is 11.8 Å². The number of carbonyl (C=O) groups is 2. The molecule has 1 fully saturated rings. The molecule has 0 aliphatic carbocycles. The Kier molecular flexibility index (Phi) is 4.61. The first kappa shape index (κ1) is 16.0. The molecule has 0 aromatic carbocycles. The van der Waals surface area contributed by atoms with Crippen LogP contribution in [0.15, 0.2) is 0 Å². The molecule has 5 heteroatoms. The Morgan fingerprint density at radius 2 is 1.79 bits per heavy atom. The highest BCUT2D eigenvalue weighted by Crippen LogP contribution is 2.33. The van der Waals surface area contributed by atoms with Crippen LogP contribution in [0.5, 0.6) is 0 Å². The molecule has 0 saturated carbocycles. The van der Waals surface area contributed by atoms with Crippen molar-refractivity contribution in [2.45, 2.75) is 58.5 Å². The second kappa shape index (κ2) is 5.49. The van der Waals surface area contributed by atoms with E-state index in [1.807, 2.05) is 27.7 Å². The van der Waals surface area contributed by atoms with Crippen LogP contribution in [-0.4, -0.2) is 41.9 Å². The first-order valence-electron chi connectivity index (χ1n) is 6.94. The Labute approximate surface area is 115 Å². The van der Waals surface area contributed by atoms with Crippen molar-refractivity contribution in [1.82, 2.24) is 10.2 Å². The second-order valence-electron chi connectivity index (χ2n) is 6.47. The van der Waals surface area contributed by atoms with E-state index in [2.05, 4.69) is 5.32 Å². The number of carbonyl (C=O) groups excluding carboxylic acids is 2. The highest BCUT2D eigenvalue weighted by Gasteiger charge is 2.45. The Morgan fingerprint density at radius 1 is 1.21 bits per heavy atom. The van der Waals surface area contributed by atoms with Crippen molar-refractivity contribution in [1.29, 1.82) is 0 Å². The minimum Gasteiger partial charge on any atom is -0.357 e. The van der Waals surface area contributed by atoms with Crippen molar-refractivity contribution in [2.24, 2.45) is 11.1 Å². The molecule has 1 atom stereocenters. The van der Waals surface area contributed by atoms with Gasteiger partial charge in [0.25, 0.3) is 0 Å². The van der Waals surface area contributed by atoms with Crippen molar-refractivity contribution in [3.05, 3.63) is 0 Å². The first-order chi connectivity index (χ1) is 8.63. The fourth-order valence-corrected chi connectivity index (χ4v) is 2.25. The van der Waals surface area contributed by atoms with E-state index in [0.717, 1.165) is 19.3 Å². The van der Waals surface area contributed by atoms with E-state index >= 15 is 0 Å². The molecule has 110 valence electrons. The Bertz CT molecular complexity index is 358. The van der Waals surface area contributed by atoms with Crippen LogP contribution in [0, 0.1) is 5.41 Å². The molecule has 0 aromatic rings. The van der Waals surface area contributed by atoms with E-state index in [0.29, 0.717) is 6.54 Å². The van der Waals surface area contributed by atoms with Crippen LogP contribution < -0.4 is 11.1 Å². The van der Waals surface area contributed by atoms with Crippen molar-refractivity contribution < 1.29 is 9.59 Å². The number of rotatable bonds is 3. The predicted octanol–water partition coefficient (Wildman–Crippen LogP) is 0.877. The zero-order valence-electron chi connectivity index (χ0n) is 12.7. The molecule has 0 bridgehead atoms. The third-order valence-electron chi connectivity index (χ3n) is 4.46. The largest absolute Gasteiger partial charge is 0.357 e. The summed E-state index contributed by atoms with van der Waals surface area (Å²) in [5.41, 5.74) is 4.80. The van der Waals surface area contributed by atoms with E-state index in [1.54, 1.807) is 11.9 Å². The number of likely N-dealkylation sites (N-methyl/N-ethyl adjacent to an activating group) is 1. The fraction of sp³-hybridized carbons (Fsp3) is 0.857. The van der Waals surface area contributed by atoms with Crippen LogP contribution in [-0.2, 0) is 9.59 Å². The summed E-state index contributed by atoms with van der Waals surface area (Å²) in [5, 5.41) is 2.65. The van der Waals surface area contributed by atoms with Gasteiger partial charge >= 0.3 is 0 Å². The third-order valence-corrected chi connectivity index (χ3v) is 4.46. The fourth-order valence-electron chi connectivity index (χ4n) is 2.25. The lowest BCUT2D eigenvalue weighted by molar-refractivity contribution is -0.151. The van der Waals surface area contributed by atoms with Crippen molar-refractivity contribution >= 4 is 11.8 Å². The van der Waals surface area contributed by atoms with E-state index in [-0.39, 0.29) is 17.9 Å². The molecule has 19 heavy (non-hydrogen) atoms. The van der Waals surface area contributed by atoms with Crippen LogP contribution in [0.3, 0.4) is 0 Å². The Hall–Kier alpha value is -1.10. The number of likely N-dealkylation sites (tertiary alicyclic amines) is 1. The second-order valence-corrected chi connectivity index (χ2v) is 6.47. The van der Waals surface area contributed by atoms with Gasteiger partial charge in [-0.1, -0.05) is 0 Å². The molecular formula is C14H27N3O2. The smallest absolute Gasteiger partial charge is 0.242 e. The minimum absolute atomic E-state index is 0.0340. The average molecular weight is 269 g/mol. The van der Waals surface area contributed by atoms with Gasteiger partial charge in [0.05, 0.1) is 5.41 Å². The summed E-state index contributed by atoms with van der Waals surface area (Å²) < 4.78 is 0. The highest BCUT2D eigenvalue weighted by atomic mass is 16.2. The number of nitrogens with zero attached hydrogens (tertiary/aromatic N) is 1. The SMILES string of the molecule is CNC(=O)C1CCCCN1C(=O)C(C)(C)C(C)(C)N. The molecule has 1 rings (SSSR count). The molecule has 5 nitrogen and oxygen atoms in total. The average Bonchev–Trinajstić information content (AvgIpc) is 2.35. The monoisotopic (exact) mass is 269 g/mol. The van der Waals surface area contributed by atoms with Crippen LogP contribution in [0.25, 0.3) is 0 Å². The lowest BCUT2D eigenvalue weighted by atomic mass is 9.73. The van der Waals surface area contributed by atoms with E-state index in [1.165, 1.54) is 0 Å². The first-order valence-corrected chi connectivity index (χ1v) is 6.94. The maximum atomic E-state index is 12.8. The number of hydrogen-bond donors (Lipinski definition) is 2. The highest BCUT2D eigenvalue weighted by molar-refractivity contribution is 5.90. The maximum Gasteiger partial charge on any atom is 0.242 e. The van der Waals surface area contributed by atoms with Gasteiger partial charge < -0.3 is 16.0 Å². The summed E-state index contributed by atoms with van der Waals surface area (Å²) in [7, 11) is 1.61. The molecule has 0 spiro atoms. The molecule has 1 saturated heterocycles. The van der Waals surface area contributed by atoms with Crippen LogP contribution >= 0.6 is 0 Å². The molecule has 1 aliphatic heterocycles. The molecule has 3 N–H and O–H groups in total. The normalized spacial score (nSPS) is 21.2. The summed E-state index contributed by atoms with van der Waals surface area (Å²) in [5.74, 6) is -0.119. The lowest BCUT2D eigenvalue weighted by Crippen LogP contribution is -2.61. The van der Waals surface area contributed by atoms with Gasteiger partial charge in [0.1, 0.15) is 6.04 Å². The van der Waals surface area contributed by atoms with Crippen molar-refractivity contribution in [3.8, 4) is 0 Å². The van der Waals surface area contributed by atoms with Crippen molar-refractivity contribution in [2.75, 3.05) is 13.6 Å². The quantitative estimate of drug-likeness (QED) is 0.798. The minimum atomic E-state index is -0.698. The molecule has 1 heterocycles. The summed E-state index contributed by atoms with van der Waals surface area (Å²) in [6.45, 7) is 8.04. The van der Waals surface area contributed by atoms with Crippen molar-refractivity contribution in [3.63, 3.8) is 0 Å². The lowest BCUT2D eigenvalue weighted by Gasteiger charge is -2.44. The molecule has 0 radical (unpaired) electrons. The molecular weight excluding hydrogens is 242 g/mol. The topological polar surface area (TPSA) is 75.4 Å². The number of nitrogens with one attached hydrogen (secondary N) is 1. The number of piperidine rings is 1. The summed E-state index contributed by atoms with van der Waals surface area (Å²) in [6, 6.07) is -0.354. The van der Waals surface area contributed by atoms with E-state index in [9.17, 15) is 9.59 Å². The zero-order chi connectivity index (χ0) is 14.8. The zero-order valence-corrected chi connectivity index (χ0v) is 12.7. The van der Waals surface area contributed by atoms with Crippen LogP contribution in [0.2, 0.25) is 0 Å². The number of amides is 2. The summed E-state index contributed by atoms with van der Waals surface area (Å²) in [4.78, 5) is 26.4. The van der Waals surface area contributed by atoms with Gasteiger partial charge in [-0.25, -0.2) is 0 Å². The number of nitrogens with two attached hydrogens (primary N) is 1. The van der Waals surface area contributed by atoms with Crippen LogP contribution in [0.4, 0.5) is 0 Å². The van der Waals surface area contributed by atoms with Crippen LogP contribution in [0.1, 0.15) is 47.0 Å². The van der Waals surface area contributed by atoms with Gasteiger partial charge in [-0.15, -0.1) is 0 Å².